The molecule has 0 aliphatic heterocycles. The molecule has 0 saturated heterocycles. The normalized spacial score (nSPS) is 15.7. The number of nitrogens with one attached hydrogen (secondary N) is 1. The first-order valence-electron chi connectivity index (χ1n) is 6.46. The third-order valence-electron chi connectivity index (χ3n) is 3.17. The van der Waals surface area contributed by atoms with Crippen LogP contribution in [0, 0.1) is 0 Å². The van der Waals surface area contributed by atoms with E-state index in [2.05, 4.69) is 11.9 Å². The molecule has 0 spiro atoms. The molecule has 1 N–H and O–H groups in total. The van der Waals surface area contributed by atoms with E-state index in [9.17, 15) is 8.42 Å². The van der Waals surface area contributed by atoms with Crippen molar-refractivity contribution in [3.63, 3.8) is 0 Å². The van der Waals surface area contributed by atoms with E-state index >= 15 is 0 Å². The van der Waals surface area contributed by atoms with Gasteiger partial charge in [0.1, 0.15) is 0 Å². The van der Waals surface area contributed by atoms with Crippen molar-refractivity contribution in [1.29, 1.82) is 0 Å². The Labute approximate surface area is 115 Å². The van der Waals surface area contributed by atoms with Crippen LogP contribution in [0.3, 0.4) is 0 Å². The van der Waals surface area contributed by atoms with Gasteiger partial charge in [0.2, 0.25) is 10.0 Å². The van der Waals surface area contributed by atoms with Crippen LogP contribution in [0.1, 0.15) is 18.4 Å². The standard InChI is InChI=1S/C14H20N2O2S/c1-3-10-16(13-6-7-13)19(17,18)14-8-4-12(5-9-14)11-15-2/h3-5,8-9,13,15H,1,6-7,10-11H2,2H3. The number of sulfonamides is 1. The minimum absolute atomic E-state index is 0.153. The van der Waals surface area contributed by atoms with E-state index in [1.165, 1.54) is 0 Å². The number of hydrogen-bond donors (Lipinski definition) is 1. The van der Waals surface area contributed by atoms with Gasteiger partial charge in [-0.2, -0.15) is 4.31 Å². The van der Waals surface area contributed by atoms with Crippen molar-refractivity contribution in [3.05, 3.63) is 42.5 Å². The topological polar surface area (TPSA) is 49.4 Å². The van der Waals surface area contributed by atoms with Gasteiger partial charge in [0, 0.05) is 19.1 Å². The summed E-state index contributed by atoms with van der Waals surface area (Å²) in [5.41, 5.74) is 1.07. The third kappa shape index (κ3) is 3.23. The van der Waals surface area contributed by atoms with E-state index in [0.717, 1.165) is 24.9 Å². The summed E-state index contributed by atoms with van der Waals surface area (Å²) in [5.74, 6) is 0. The summed E-state index contributed by atoms with van der Waals surface area (Å²) in [6.45, 7) is 4.76. The van der Waals surface area contributed by atoms with Gasteiger partial charge in [-0.05, 0) is 37.6 Å². The molecule has 104 valence electrons. The molecule has 0 atom stereocenters. The zero-order chi connectivity index (χ0) is 13.9. The van der Waals surface area contributed by atoms with Crippen LogP contribution < -0.4 is 5.32 Å². The van der Waals surface area contributed by atoms with E-state index in [1.807, 2.05) is 19.2 Å². The van der Waals surface area contributed by atoms with E-state index in [0.29, 0.717) is 11.4 Å². The van der Waals surface area contributed by atoms with Crippen LogP contribution in [-0.2, 0) is 16.6 Å². The van der Waals surface area contributed by atoms with E-state index in [1.54, 1.807) is 22.5 Å². The average molecular weight is 280 g/mol. The van der Waals surface area contributed by atoms with Crippen molar-refractivity contribution in [1.82, 2.24) is 9.62 Å². The van der Waals surface area contributed by atoms with Crippen molar-refractivity contribution < 1.29 is 8.42 Å². The van der Waals surface area contributed by atoms with E-state index in [-0.39, 0.29) is 6.04 Å². The molecular weight excluding hydrogens is 260 g/mol. The van der Waals surface area contributed by atoms with Gasteiger partial charge in [0.25, 0.3) is 0 Å². The second-order valence-corrected chi connectivity index (χ2v) is 6.66. The predicted octanol–water partition coefficient (Wildman–Crippen LogP) is 1.75. The summed E-state index contributed by atoms with van der Waals surface area (Å²) in [6, 6.07) is 7.21. The molecule has 0 radical (unpaired) electrons. The van der Waals surface area contributed by atoms with Crippen LogP contribution >= 0.6 is 0 Å². The smallest absolute Gasteiger partial charge is 0.243 e. The first-order valence-corrected chi connectivity index (χ1v) is 7.90. The monoisotopic (exact) mass is 280 g/mol. The summed E-state index contributed by atoms with van der Waals surface area (Å²) in [5, 5.41) is 3.04. The maximum absolute atomic E-state index is 12.5. The van der Waals surface area contributed by atoms with Crippen LogP contribution in [0.15, 0.2) is 41.8 Å². The van der Waals surface area contributed by atoms with Gasteiger partial charge in [0.05, 0.1) is 4.90 Å². The Balaban J connectivity index is 2.24. The minimum atomic E-state index is -3.39. The summed E-state index contributed by atoms with van der Waals surface area (Å²) >= 11 is 0. The summed E-state index contributed by atoms with van der Waals surface area (Å²) < 4.78 is 26.6. The Kier molecular flexibility index (Phi) is 4.39. The fraction of sp³-hybridized carbons (Fsp3) is 0.429. The number of nitrogens with zero attached hydrogens (tertiary/aromatic N) is 1. The van der Waals surface area contributed by atoms with Crippen LogP contribution in [0.5, 0.6) is 0 Å². The zero-order valence-electron chi connectivity index (χ0n) is 11.2. The van der Waals surface area contributed by atoms with Gasteiger partial charge in [0.15, 0.2) is 0 Å². The molecule has 0 aromatic heterocycles. The van der Waals surface area contributed by atoms with Crippen molar-refractivity contribution in [2.45, 2.75) is 30.3 Å². The summed E-state index contributed by atoms with van der Waals surface area (Å²) in [6.07, 6.45) is 3.54. The van der Waals surface area contributed by atoms with Crippen LogP contribution in [-0.4, -0.2) is 32.4 Å². The lowest BCUT2D eigenvalue weighted by Gasteiger charge is -2.20. The molecule has 1 fully saturated rings. The zero-order valence-corrected chi connectivity index (χ0v) is 12.0. The lowest BCUT2D eigenvalue weighted by molar-refractivity contribution is 0.436. The molecule has 1 saturated carbocycles. The number of benzene rings is 1. The van der Waals surface area contributed by atoms with Gasteiger partial charge >= 0.3 is 0 Å². The van der Waals surface area contributed by atoms with Crippen LogP contribution in [0.4, 0.5) is 0 Å². The predicted molar refractivity (Wildman–Crippen MR) is 76.3 cm³/mol. The Hall–Kier alpha value is -1.17. The molecule has 1 aromatic rings. The molecule has 5 heteroatoms. The summed E-state index contributed by atoms with van der Waals surface area (Å²) in [7, 11) is -1.53. The molecule has 1 aromatic carbocycles. The van der Waals surface area contributed by atoms with Gasteiger partial charge in [-0.3, -0.25) is 0 Å². The Morgan fingerprint density at radius 2 is 2.00 bits per heavy atom. The third-order valence-corrected chi connectivity index (χ3v) is 5.11. The van der Waals surface area contributed by atoms with Gasteiger partial charge in [-0.1, -0.05) is 18.2 Å². The molecule has 0 heterocycles. The van der Waals surface area contributed by atoms with E-state index < -0.39 is 10.0 Å². The Morgan fingerprint density at radius 3 is 2.47 bits per heavy atom. The molecule has 0 amide bonds. The Morgan fingerprint density at radius 1 is 1.37 bits per heavy atom. The molecule has 0 bridgehead atoms. The van der Waals surface area contributed by atoms with E-state index in [4.69, 9.17) is 0 Å². The average Bonchev–Trinajstić information content (AvgIpc) is 3.21. The maximum atomic E-state index is 12.5. The molecule has 4 nitrogen and oxygen atoms in total. The van der Waals surface area contributed by atoms with Crippen LogP contribution in [0.25, 0.3) is 0 Å². The first-order chi connectivity index (χ1) is 9.09. The summed E-state index contributed by atoms with van der Waals surface area (Å²) in [4.78, 5) is 0.362. The second kappa shape index (κ2) is 5.86. The van der Waals surface area contributed by atoms with Crippen molar-refractivity contribution in [3.8, 4) is 0 Å². The van der Waals surface area contributed by atoms with Gasteiger partial charge in [-0.25, -0.2) is 8.42 Å². The number of hydrogen-bond acceptors (Lipinski definition) is 3. The minimum Gasteiger partial charge on any atom is -0.316 e. The lowest BCUT2D eigenvalue weighted by atomic mass is 10.2. The quantitative estimate of drug-likeness (QED) is 0.774. The van der Waals surface area contributed by atoms with Crippen molar-refractivity contribution in [2.24, 2.45) is 0 Å². The number of rotatable bonds is 7. The van der Waals surface area contributed by atoms with Crippen molar-refractivity contribution in [2.75, 3.05) is 13.6 Å². The largest absolute Gasteiger partial charge is 0.316 e. The first kappa shape index (κ1) is 14.2. The highest BCUT2D eigenvalue weighted by atomic mass is 32.2. The van der Waals surface area contributed by atoms with Gasteiger partial charge < -0.3 is 5.32 Å². The molecule has 19 heavy (non-hydrogen) atoms. The Bertz CT molecular complexity index is 533. The van der Waals surface area contributed by atoms with Crippen LogP contribution in [0.2, 0.25) is 0 Å². The van der Waals surface area contributed by atoms with Crippen molar-refractivity contribution >= 4 is 10.0 Å². The fourth-order valence-electron chi connectivity index (χ4n) is 2.05. The highest BCUT2D eigenvalue weighted by Crippen LogP contribution is 2.31. The maximum Gasteiger partial charge on any atom is 0.243 e. The lowest BCUT2D eigenvalue weighted by Crippen LogP contribution is -2.33. The second-order valence-electron chi connectivity index (χ2n) is 4.77. The molecule has 1 aliphatic rings. The fourth-order valence-corrected chi connectivity index (χ4v) is 3.71. The molecule has 1 aliphatic carbocycles. The highest BCUT2D eigenvalue weighted by Gasteiger charge is 2.37. The molecular formula is C14H20N2O2S. The highest BCUT2D eigenvalue weighted by molar-refractivity contribution is 7.89. The molecule has 0 unspecified atom stereocenters. The molecule has 2 rings (SSSR count). The van der Waals surface area contributed by atoms with Gasteiger partial charge in [-0.15, -0.1) is 6.58 Å². The SMILES string of the molecule is C=CCN(C1CC1)S(=O)(=O)c1ccc(CNC)cc1.